The van der Waals surface area contributed by atoms with Gasteiger partial charge in [0.05, 0.1) is 5.69 Å². The van der Waals surface area contributed by atoms with Gasteiger partial charge < -0.3 is 0 Å². The molecule has 4 rings (SSSR count). The summed E-state index contributed by atoms with van der Waals surface area (Å²) in [6, 6.07) is 14.2. The molecule has 0 fully saturated rings. The Bertz CT molecular complexity index is 893. The minimum Gasteiger partial charge on any atom is -0.293 e. The molecule has 1 aliphatic heterocycles. The minimum absolute atomic E-state index is 0.0266. The Kier molecular flexibility index (Phi) is 3.78. The average molecular weight is 320 g/mol. The van der Waals surface area contributed by atoms with Gasteiger partial charge in [-0.15, -0.1) is 0 Å². The lowest BCUT2D eigenvalue weighted by Gasteiger charge is -2.25. The summed E-state index contributed by atoms with van der Waals surface area (Å²) < 4.78 is 1.56. The summed E-state index contributed by atoms with van der Waals surface area (Å²) in [7, 11) is 0. The number of benzene rings is 1. The molecule has 0 saturated carbocycles. The van der Waals surface area contributed by atoms with Crippen LogP contribution in [0.25, 0.3) is 5.82 Å². The second-order valence-corrected chi connectivity index (χ2v) is 6.34. The van der Waals surface area contributed by atoms with Gasteiger partial charge in [0.25, 0.3) is 5.56 Å². The van der Waals surface area contributed by atoms with Crippen molar-refractivity contribution in [3.63, 3.8) is 0 Å². The lowest BCUT2D eigenvalue weighted by atomic mass is 10.1. The molecule has 5 nitrogen and oxygen atoms in total. The van der Waals surface area contributed by atoms with Crippen LogP contribution in [0.15, 0.2) is 53.5 Å². The molecular formula is C19H20N4O. The minimum atomic E-state index is 0.0266. The topological polar surface area (TPSA) is 53.9 Å². The molecule has 1 aromatic carbocycles. The van der Waals surface area contributed by atoms with Gasteiger partial charge in [-0.2, -0.15) is 0 Å². The molecule has 3 aromatic rings. The van der Waals surface area contributed by atoms with Crippen molar-refractivity contribution in [1.82, 2.24) is 19.7 Å². The van der Waals surface area contributed by atoms with Crippen LogP contribution in [0.2, 0.25) is 0 Å². The number of pyridine rings is 1. The molecule has 0 amide bonds. The van der Waals surface area contributed by atoms with Crippen LogP contribution < -0.4 is 5.56 Å². The Hall–Kier alpha value is -2.66. The van der Waals surface area contributed by atoms with Crippen molar-refractivity contribution < 1.29 is 0 Å². The first-order valence-electron chi connectivity index (χ1n) is 8.23. The summed E-state index contributed by atoms with van der Waals surface area (Å²) in [5, 5.41) is 3.24. The first-order chi connectivity index (χ1) is 11.7. The van der Waals surface area contributed by atoms with Crippen LogP contribution in [0.5, 0.6) is 0 Å². The number of aromatic amines is 1. The maximum absolute atomic E-state index is 12.6. The number of nitrogens with zero attached hydrogens (tertiary/aromatic N) is 3. The smallest absolute Gasteiger partial charge is 0.276 e. The summed E-state index contributed by atoms with van der Waals surface area (Å²) in [6.07, 6.45) is 2.47. The van der Waals surface area contributed by atoms with Crippen LogP contribution in [0.3, 0.4) is 0 Å². The Balaban J connectivity index is 1.57. The number of fused-ring (bicyclic) bond motifs is 1. The highest BCUT2D eigenvalue weighted by Gasteiger charge is 2.23. The summed E-state index contributed by atoms with van der Waals surface area (Å²) in [6.45, 7) is 4.66. The van der Waals surface area contributed by atoms with Gasteiger partial charge in [-0.05, 0) is 31.0 Å². The molecule has 5 heteroatoms. The average Bonchev–Trinajstić information content (AvgIpc) is 2.94. The van der Waals surface area contributed by atoms with Crippen LogP contribution in [0, 0.1) is 6.92 Å². The second-order valence-electron chi connectivity index (χ2n) is 6.34. The quantitative estimate of drug-likeness (QED) is 0.806. The molecule has 122 valence electrons. The first-order valence-corrected chi connectivity index (χ1v) is 8.23. The predicted octanol–water partition coefficient (Wildman–Crippen LogP) is 2.43. The summed E-state index contributed by atoms with van der Waals surface area (Å²) in [5.74, 6) is 0.641. The number of aryl methyl sites for hydroxylation is 1. The molecule has 3 heterocycles. The molecule has 0 spiro atoms. The lowest BCUT2D eigenvalue weighted by molar-refractivity contribution is 0.242. The van der Waals surface area contributed by atoms with E-state index in [0.717, 1.165) is 37.3 Å². The summed E-state index contributed by atoms with van der Waals surface area (Å²) in [5.41, 5.74) is 4.50. The molecule has 1 aliphatic rings. The standard InChI is InChI=1S/C19H20N4O/c1-14-5-7-15(8-6-14)12-22-11-9-16-17(13-22)21-23(19(16)24)18-4-2-3-10-20-18/h2-8,10,21H,9,11-13H2,1H3. The molecule has 0 radical (unpaired) electrons. The van der Waals surface area contributed by atoms with E-state index in [9.17, 15) is 4.79 Å². The second kappa shape index (κ2) is 6.09. The van der Waals surface area contributed by atoms with E-state index in [1.165, 1.54) is 11.1 Å². The third-order valence-corrected chi connectivity index (χ3v) is 4.54. The van der Waals surface area contributed by atoms with Crippen molar-refractivity contribution in [3.8, 4) is 5.82 Å². The monoisotopic (exact) mass is 320 g/mol. The van der Waals surface area contributed by atoms with Crippen molar-refractivity contribution in [3.05, 3.63) is 81.4 Å². The van der Waals surface area contributed by atoms with E-state index in [1.54, 1.807) is 10.9 Å². The van der Waals surface area contributed by atoms with E-state index >= 15 is 0 Å². The highest BCUT2D eigenvalue weighted by atomic mass is 16.1. The van der Waals surface area contributed by atoms with E-state index < -0.39 is 0 Å². The molecule has 0 unspecified atom stereocenters. The Morgan fingerprint density at radius 3 is 2.75 bits per heavy atom. The van der Waals surface area contributed by atoms with Crippen molar-refractivity contribution in [2.24, 2.45) is 0 Å². The van der Waals surface area contributed by atoms with Gasteiger partial charge in [-0.3, -0.25) is 14.8 Å². The number of hydrogen-bond donors (Lipinski definition) is 1. The van der Waals surface area contributed by atoms with Crippen LogP contribution in [0.1, 0.15) is 22.4 Å². The highest BCUT2D eigenvalue weighted by molar-refractivity contribution is 5.28. The predicted molar refractivity (Wildman–Crippen MR) is 93.2 cm³/mol. The molecule has 0 atom stereocenters. The SMILES string of the molecule is Cc1ccc(CN2CCc3c([nH]n(-c4ccccn4)c3=O)C2)cc1. The molecule has 24 heavy (non-hydrogen) atoms. The largest absolute Gasteiger partial charge is 0.293 e. The molecule has 2 aromatic heterocycles. The lowest BCUT2D eigenvalue weighted by Crippen LogP contribution is -2.31. The Morgan fingerprint density at radius 1 is 1.17 bits per heavy atom. The van der Waals surface area contributed by atoms with Crippen molar-refractivity contribution in [2.75, 3.05) is 6.54 Å². The van der Waals surface area contributed by atoms with E-state index in [0.29, 0.717) is 5.82 Å². The fraction of sp³-hybridized carbons (Fsp3) is 0.263. The fourth-order valence-corrected chi connectivity index (χ4v) is 3.21. The zero-order valence-corrected chi connectivity index (χ0v) is 13.7. The molecule has 0 bridgehead atoms. The zero-order valence-electron chi connectivity index (χ0n) is 13.7. The van der Waals surface area contributed by atoms with E-state index in [4.69, 9.17) is 0 Å². The van der Waals surface area contributed by atoms with E-state index in [2.05, 4.69) is 46.2 Å². The fourth-order valence-electron chi connectivity index (χ4n) is 3.21. The number of rotatable bonds is 3. The Morgan fingerprint density at radius 2 is 2.00 bits per heavy atom. The molecular weight excluding hydrogens is 300 g/mol. The van der Waals surface area contributed by atoms with Crippen molar-refractivity contribution in [2.45, 2.75) is 26.4 Å². The highest BCUT2D eigenvalue weighted by Crippen LogP contribution is 2.18. The molecule has 0 aliphatic carbocycles. The maximum Gasteiger partial charge on any atom is 0.276 e. The molecule has 0 saturated heterocycles. The van der Waals surface area contributed by atoms with Crippen LogP contribution in [-0.4, -0.2) is 26.2 Å². The van der Waals surface area contributed by atoms with Crippen LogP contribution in [0.4, 0.5) is 0 Å². The van der Waals surface area contributed by atoms with Gasteiger partial charge in [-0.1, -0.05) is 35.9 Å². The van der Waals surface area contributed by atoms with E-state index in [1.807, 2.05) is 18.2 Å². The number of nitrogens with one attached hydrogen (secondary N) is 1. The number of hydrogen-bond acceptors (Lipinski definition) is 3. The van der Waals surface area contributed by atoms with Gasteiger partial charge in [-0.25, -0.2) is 9.67 Å². The van der Waals surface area contributed by atoms with Crippen LogP contribution in [-0.2, 0) is 19.5 Å². The Labute approximate surface area is 140 Å². The number of aromatic nitrogens is 3. The van der Waals surface area contributed by atoms with Gasteiger partial charge >= 0.3 is 0 Å². The summed E-state index contributed by atoms with van der Waals surface area (Å²) >= 11 is 0. The van der Waals surface area contributed by atoms with Crippen molar-refractivity contribution >= 4 is 0 Å². The molecule has 1 N–H and O–H groups in total. The van der Waals surface area contributed by atoms with E-state index in [-0.39, 0.29) is 5.56 Å². The van der Waals surface area contributed by atoms with Gasteiger partial charge in [0.2, 0.25) is 0 Å². The maximum atomic E-state index is 12.6. The zero-order chi connectivity index (χ0) is 16.5. The van der Waals surface area contributed by atoms with Gasteiger partial charge in [0.15, 0.2) is 5.82 Å². The van der Waals surface area contributed by atoms with Crippen molar-refractivity contribution in [1.29, 1.82) is 0 Å². The summed E-state index contributed by atoms with van der Waals surface area (Å²) in [4.78, 5) is 19.2. The number of H-pyrrole nitrogens is 1. The first kappa shape index (κ1) is 14.9. The normalized spacial score (nSPS) is 14.5. The van der Waals surface area contributed by atoms with Gasteiger partial charge in [0, 0.05) is 31.4 Å². The third-order valence-electron chi connectivity index (χ3n) is 4.54. The van der Waals surface area contributed by atoms with Crippen LogP contribution >= 0.6 is 0 Å². The van der Waals surface area contributed by atoms with Gasteiger partial charge in [0.1, 0.15) is 0 Å². The third kappa shape index (κ3) is 2.78.